The molecule has 1 atom stereocenters. The minimum atomic E-state index is -4.30. The van der Waals surface area contributed by atoms with Gasteiger partial charge in [0, 0.05) is 44.0 Å². The summed E-state index contributed by atoms with van der Waals surface area (Å²) in [6.07, 6.45) is -4.30. The topological polar surface area (TPSA) is 26.7 Å². The third kappa shape index (κ3) is 4.15. The van der Waals surface area contributed by atoms with E-state index in [0.29, 0.717) is 4.47 Å². The van der Waals surface area contributed by atoms with Gasteiger partial charge in [0.25, 0.3) is 0 Å². The van der Waals surface area contributed by atoms with E-state index >= 15 is 0 Å². The summed E-state index contributed by atoms with van der Waals surface area (Å²) in [7, 11) is 0. The second-order valence-corrected chi connectivity index (χ2v) is 7.31. The van der Waals surface area contributed by atoms with Crippen LogP contribution in [-0.2, 0) is 6.18 Å². The van der Waals surface area contributed by atoms with Crippen molar-refractivity contribution in [2.75, 3.05) is 31.1 Å². The van der Waals surface area contributed by atoms with E-state index in [4.69, 9.17) is 0 Å². The molecule has 1 fully saturated rings. The first-order valence-corrected chi connectivity index (χ1v) is 9.19. The summed E-state index contributed by atoms with van der Waals surface area (Å²) in [5.74, 6) is 0.211. The van der Waals surface area contributed by atoms with Gasteiger partial charge < -0.3 is 10.0 Å². The van der Waals surface area contributed by atoms with Crippen molar-refractivity contribution in [1.82, 2.24) is 4.90 Å². The van der Waals surface area contributed by atoms with Crippen LogP contribution in [0.25, 0.3) is 0 Å². The van der Waals surface area contributed by atoms with Crippen molar-refractivity contribution in [1.29, 1.82) is 0 Å². The first-order chi connectivity index (χ1) is 12.3. The molecular formula is C19H20BrF3N2O. The molecule has 2 aromatic carbocycles. The van der Waals surface area contributed by atoms with Crippen LogP contribution in [0.2, 0.25) is 0 Å². The zero-order chi connectivity index (χ0) is 18.9. The highest BCUT2D eigenvalue weighted by molar-refractivity contribution is 9.10. The van der Waals surface area contributed by atoms with E-state index < -0.39 is 11.7 Å². The Bertz CT molecular complexity index is 756. The molecule has 0 radical (unpaired) electrons. The number of alkyl halides is 3. The Kier molecular flexibility index (Phi) is 5.48. The smallest absolute Gasteiger partial charge is 0.416 e. The molecule has 0 aliphatic carbocycles. The zero-order valence-electron chi connectivity index (χ0n) is 14.3. The fourth-order valence-corrected chi connectivity index (χ4v) is 3.47. The molecule has 0 aromatic heterocycles. The Morgan fingerprint density at radius 1 is 1.00 bits per heavy atom. The van der Waals surface area contributed by atoms with Gasteiger partial charge >= 0.3 is 6.18 Å². The maximum Gasteiger partial charge on any atom is 0.416 e. The first kappa shape index (κ1) is 19.0. The van der Waals surface area contributed by atoms with Crippen molar-refractivity contribution in [3.63, 3.8) is 0 Å². The molecule has 3 nitrogen and oxygen atoms in total. The molecule has 1 aliphatic heterocycles. The van der Waals surface area contributed by atoms with E-state index in [9.17, 15) is 18.3 Å². The molecular weight excluding hydrogens is 409 g/mol. The van der Waals surface area contributed by atoms with E-state index in [-0.39, 0.29) is 11.8 Å². The van der Waals surface area contributed by atoms with Crippen molar-refractivity contribution in [3.05, 3.63) is 58.1 Å². The predicted octanol–water partition coefficient (Wildman–Crippen LogP) is 5.06. The van der Waals surface area contributed by atoms with Gasteiger partial charge in [-0.3, -0.25) is 4.90 Å². The SMILES string of the molecule is CC(c1ccc(C(F)(F)F)cc1)N1CCN(c2ccc(Br)c(O)c2)CC1. The van der Waals surface area contributed by atoms with Crippen LogP contribution in [0.1, 0.15) is 24.1 Å². The zero-order valence-corrected chi connectivity index (χ0v) is 15.9. The lowest BCUT2D eigenvalue weighted by molar-refractivity contribution is -0.137. The molecule has 1 heterocycles. The van der Waals surface area contributed by atoms with Crippen molar-refractivity contribution in [2.45, 2.75) is 19.1 Å². The van der Waals surface area contributed by atoms with Crippen LogP contribution in [-0.4, -0.2) is 36.2 Å². The van der Waals surface area contributed by atoms with E-state index in [1.165, 1.54) is 0 Å². The quantitative estimate of drug-likeness (QED) is 0.740. The van der Waals surface area contributed by atoms with Crippen molar-refractivity contribution >= 4 is 21.6 Å². The molecule has 26 heavy (non-hydrogen) atoms. The second-order valence-electron chi connectivity index (χ2n) is 6.45. The molecule has 1 unspecified atom stereocenters. The minimum Gasteiger partial charge on any atom is -0.507 e. The molecule has 0 saturated carbocycles. The lowest BCUT2D eigenvalue weighted by Gasteiger charge is -2.39. The Hall–Kier alpha value is -1.73. The lowest BCUT2D eigenvalue weighted by atomic mass is 10.0. The van der Waals surface area contributed by atoms with Gasteiger partial charge in [-0.05, 0) is 52.7 Å². The summed E-state index contributed by atoms with van der Waals surface area (Å²) in [4.78, 5) is 4.46. The number of halogens is 4. The molecule has 3 rings (SSSR count). The molecule has 7 heteroatoms. The number of phenolic OH excluding ortho intramolecular Hbond substituents is 1. The first-order valence-electron chi connectivity index (χ1n) is 8.40. The highest BCUT2D eigenvalue weighted by atomic mass is 79.9. The van der Waals surface area contributed by atoms with Gasteiger partial charge in [0.15, 0.2) is 0 Å². The van der Waals surface area contributed by atoms with Crippen LogP contribution in [0.15, 0.2) is 46.9 Å². The van der Waals surface area contributed by atoms with Crippen molar-refractivity contribution in [3.8, 4) is 5.75 Å². The Morgan fingerprint density at radius 2 is 1.62 bits per heavy atom. The number of benzene rings is 2. The highest BCUT2D eigenvalue weighted by Crippen LogP contribution is 2.32. The second kappa shape index (κ2) is 7.48. The lowest BCUT2D eigenvalue weighted by Crippen LogP contribution is -2.47. The number of aromatic hydroxyl groups is 1. The Morgan fingerprint density at radius 3 is 2.15 bits per heavy atom. The molecule has 1 N–H and O–H groups in total. The highest BCUT2D eigenvalue weighted by Gasteiger charge is 2.30. The van der Waals surface area contributed by atoms with E-state index in [1.807, 2.05) is 19.1 Å². The molecule has 0 spiro atoms. The standard InChI is InChI=1S/C19H20BrF3N2O/c1-13(14-2-4-15(5-3-14)19(21,22)23)24-8-10-25(11-9-24)16-6-7-17(20)18(26)12-16/h2-7,12-13,26H,8-11H2,1H3. The number of phenols is 1. The Balaban J connectivity index is 1.63. The maximum absolute atomic E-state index is 12.7. The average Bonchev–Trinajstić information content (AvgIpc) is 2.63. The third-order valence-corrected chi connectivity index (χ3v) is 5.55. The molecule has 140 valence electrons. The summed E-state index contributed by atoms with van der Waals surface area (Å²) in [6, 6.07) is 11.0. The van der Waals surface area contributed by atoms with E-state index in [1.54, 1.807) is 18.2 Å². The maximum atomic E-state index is 12.7. The van der Waals surface area contributed by atoms with Gasteiger partial charge in [0.05, 0.1) is 10.0 Å². The summed E-state index contributed by atoms with van der Waals surface area (Å²) in [5.41, 5.74) is 1.23. The van der Waals surface area contributed by atoms with Crippen molar-refractivity contribution < 1.29 is 18.3 Å². The van der Waals surface area contributed by atoms with Gasteiger partial charge in [-0.25, -0.2) is 0 Å². The molecule has 1 saturated heterocycles. The summed E-state index contributed by atoms with van der Waals surface area (Å²) < 4.78 is 38.8. The average molecular weight is 429 g/mol. The van der Waals surface area contributed by atoms with E-state index in [2.05, 4.69) is 25.7 Å². The number of anilines is 1. The van der Waals surface area contributed by atoms with Gasteiger partial charge in [0.1, 0.15) is 5.75 Å². The normalized spacial score (nSPS) is 17.3. The monoisotopic (exact) mass is 428 g/mol. The van der Waals surface area contributed by atoms with Gasteiger partial charge in [-0.15, -0.1) is 0 Å². The molecule has 1 aliphatic rings. The van der Waals surface area contributed by atoms with E-state index in [0.717, 1.165) is 49.6 Å². The minimum absolute atomic E-state index is 0.0535. The fraction of sp³-hybridized carbons (Fsp3) is 0.368. The largest absolute Gasteiger partial charge is 0.507 e. The van der Waals surface area contributed by atoms with Crippen LogP contribution in [0.5, 0.6) is 5.75 Å². The fourth-order valence-electron chi connectivity index (χ4n) is 3.23. The molecule has 0 bridgehead atoms. The van der Waals surface area contributed by atoms with Crippen LogP contribution in [0, 0.1) is 0 Å². The van der Waals surface area contributed by atoms with Gasteiger partial charge in [-0.2, -0.15) is 13.2 Å². The summed E-state index contributed by atoms with van der Waals surface area (Å²) in [6.45, 7) is 5.22. The predicted molar refractivity (Wildman–Crippen MR) is 99.5 cm³/mol. The number of hydrogen-bond acceptors (Lipinski definition) is 3. The summed E-state index contributed by atoms with van der Waals surface area (Å²) >= 11 is 3.28. The summed E-state index contributed by atoms with van der Waals surface area (Å²) in [5, 5.41) is 9.84. The van der Waals surface area contributed by atoms with Crippen LogP contribution in [0.3, 0.4) is 0 Å². The van der Waals surface area contributed by atoms with Gasteiger partial charge in [-0.1, -0.05) is 12.1 Å². The van der Waals surface area contributed by atoms with Crippen molar-refractivity contribution in [2.24, 2.45) is 0 Å². The number of piperazine rings is 1. The third-order valence-electron chi connectivity index (χ3n) is 4.88. The molecule has 0 amide bonds. The number of rotatable bonds is 3. The van der Waals surface area contributed by atoms with Crippen LogP contribution < -0.4 is 4.90 Å². The number of nitrogens with zero attached hydrogens (tertiary/aromatic N) is 2. The number of hydrogen-bond donors (Lipinski definition) is 1. The Labute approximate surface area is 159 Å². The van der Waals surface area contributed by atoms with Gasteiger partial charge in [0.2, 0.25) is 0 Å². The molecule has 2 aromatic rings. The van der Waals surface area contributed by atoms with Crippen LogP contribution >= 0.6 is 15.9 Å². The van der Waals surface area contributed by atoms with Crippen LogP contribution in [0.4, 0.5) is 18.9 Å².